The van der Waals surface area contributed by atoms with Gasteiger partial charge in [-0.2, -0.15) is 10.2 Å². The summed E-state index contributed by atoms with van der Waals surface area (Å²) in [6, 6.07) is 5.61. The van der Waals surface area contributed by atoms with Gasteiger partial charge in [-0.1, -0.05) is 0 Å². The molecule has 134 valence electrons. The van der Waals surface area contributed by atoms with Gasteiger partial charge in [0, 0.05) is 57.0 Å². The minimum Gasteiger partial charge on any atom is -0.353 e. The molecule has 26 heavy (non-hydrogen) atoms. The summed E-state index contributed by atoms with van der Waals surface area (Å²) in [6.07, 6.45) is 7.06. The third-order valence-corrected chi connectivity index (χ3v) is 4.36. The molecule has 1 amide bonds. The maximum absolute atomic E-state index is 12.4. The lowest BCUT2D eigenvalue weighted by molar-refractivity contribution is -0.132. The SMILES string of the molecule is Cc1nc(N2CCN(C(=O)Cn3cccn3)CC2)cc(-n2cccn2)n1. The quantitative estimate of drug-likeness (QED) is 0.680. The molecule has 1 aliphatic rings. The van der Waals surface area contributed by atoms with Crippen molar-refractivity contribution in [3.63, 3.8) is 0 Å². The summed E-state index contributed by atoms with van der Waals surface area (Å²) < 4.78 is 3.38. The molecule has 0 atom stereocenters. The Labute approximate surface area is 150 Å². The van der Waals surface area contributed by atoms with Crippen LogP contribution in [-0.4, -0.2) is 66.5 Å². The van der Waals surface area contributed by atoms with Crippen molar-refractivity contribution in [1.29, 1.82) is 0 Å². The van der Waals surface area contributed by atoms with E-state index in [1.807, 2.05) is 36.2 Å². The lowest BCUT2D eigenvalue weighted by Crippen LogP contribution is -2.50. The summed E-state index contributed by atoms with van der Waals surface area (Å²) in [6.45, 7) is 4.96. The molecule has 0 aromatic carbocycles. The molecule has 0 aliphatic carbocycles. The van der Waals surface area contributed by atoms with Crippen LogP contribution < -0.4 is 4.90 Å². The Morgan fingerprint density at radius 3 is 2.42 bits per heavy atom. The standard InChI is InChI=1S/C17H20N8O/c1-14-20-15(12-16(21-14)25-7-3-5-19-25)22-8-10-23(11-9-22)17(26)13-24-6-2-4-18-24/h2-7,12H,8-11,13H2,1H3. The first-order chi connectivity index (χ1) is 12.7. The highest BCUT2D eigenvalue weighted by atomic mass is 16.2. The second kappa shape index (κ2) is 6.95. The molecular weight excluding hydrogens is 332 g/mol. The molecule has 1 saturated heterocycles. The van der Waals surface area contributed by atoms with Gasteiger partial charge in [-0.3, -0.25) is 9.48 Å². The molecule has 3 aromatic rings. The van der Waals surface area contributed by atoms with E-state index < -0.39 is 0 Å². The van der Waals surface area contributed by atoms with Gasteiger partial charge < -0.3 is 9.80 Å². The molecule has 3 aromatic heterocycles. The van der Waals surface area contributed by atoms with E-state index in [9.17, 15) is 4.79 Å². The predicted octanol–water partition coefficient (Wildman–Crippen LogP) is 0.516. The lowest BCUT2D eigenvalue weighted by Gasteiger charge is -2.35. The first-order valence-electron chi connectivity index (χ1n) is 8.55. The van der Waals surface area contributed by atoms with Crippen LogP contribution in [-0.2, 0) is 11.3 Å². The van der Waals surface area contributed by atoms with Crippen LogP contribution >= 0.6 is 0 Å². The van der Waals surface area contributed by atoms with Crippen molar-refractivity contribution in [3.8, 4) is 5.82 Å². The van der Waals surface area contributed by atoms with Gasteiger partial charge in [0.05, 0.1) is 0 Å². The third-order valence-electron chi connectivity index (χ3n) is 4.36. The summed E-state index contributed by atoms with van der Waals surface area (Å²) in [5.41, 5.74) is 0. The summed E-state index contributed by atoms with van der Waals surface area (Å²) in [5.74, 6) is 2.39. The monoisotopic (exact) mass is 352 g/mol. The van der Waals surface area contributed by atoms with Gasteiger partial charge in [0.15, 0.2) is 5.82 Å². The average Bonchev–Trinajstić information content (AvgIpc) is 3.35. The Kier molecular flexibility index (Phi) is 4.34. The van der Waals surface area contributed by atoms with Gasteiger partial charge in [0.25, 0.3) is 0 Å². The molecular formula is C17H20N8O. The van der Waals surface area contributed by atoms with Crippen LogP contribution in [0.3, 0.4) is 0 Å². The minimum absolute atomic E-state index is 0.0875. The molecule has 9 nitrogen and oxygen atoms in total. The van der Waals surface area contributed by atoms with Crippen LogP contribution in [0.5, 0.6) is 0 Å². The van der Waals surface area contributed by atoms with E-state index in [0.29, 0.717) is 18.9 Å². The zero-order valence-electron chi connectivity index (χ0n) is 14.6. The van der Waals surface area contributed by atoms with E-state index in [-0.39, 0.29) is 12.5 Å². The highest BCUT2D eigenvalue weighted by Crippen LogP contribution is 2.17. The fourth-order valence-electron chi connectivity index (χ4n) is 3.04. The predicted molar refractivity (Wildman–Crippen MR) is 94.9 cm³/mol. The number of aromatic nitrogens is 6. The Hall–Kier alpha value is -3.23. The molecule has 1 aliphatic heterocycles. The molecule has 0 saturated carbocycles. The first kappa shape index (κ1) is 16.2. The van der Waals surface area contributed by atoms with Crippen molar-refractivity contribution in [2.45, 2.75) is 13.5 Å². The molecule has 0 spiro atoms. The van der Waals surface area contributed by atoms with Gasteiger partial charge in [-0.05, 0) is 19.1 Å². The molecule has 0 N–H and O–H groups in total. The van der Waals surface area contributed by atoms with Gasteiger partial charge >= 0.3 is 0 Å². The zero-order chi connectivity index (χ0) is 17.9. The Bertz CT molecular complexity index is 866. The number of carbonyl (C=O) groups is 1. The van der Waals surface area contributed by atoms with E-state index >= 15 is 0 Å². The number of amides is 1. The van der Waals surface area contributed by atoms with Crippen LogP contribution in [0.1, 0.15) is 5.82 Å². The van der Waals surface area contributed by atoms with E-state index in [0.717, 1.165) is 24.7 Å². The topological polar surface area (TPSA) is 85.0 Å². The highest BCUT2D eigenvalue weighted by Gasteiger charge is 2.22. The number of piperazine rings is 1. The normalized spacial score (nSPS) is 14.7. The number of hydrogen-bond donors (Lipinski definition) is 0. The zero-order valence-corrected chi connectivity index (χ0v) is 14.6. The average molecular weight is 352 g/mol. The lowest BCUT2D eigenvalue weighted by atomic mass is 10.3. The second-order valence-corrected chi connectivity index (χ2v) is 6.15. The third kappa shape index (κ3) is 3.41. The summed E-state index contributed by atoms with van der Waals surface area (Å²) in [5, 5.41) is 8.32. The minimum atomic E-state index is 0.0875. The Morgan fingerprint density at radius 2 is 1.73 bits per heavy atom. The molecule has 0 unspecified atom stereocenters. The van der Waals surface area contributed by atoms with Crippen molar-refractivity contribution in [3.05, 3.63) is 48.8 Å². The van der Waals surface area contributed by atoms with Crippen molar-refractivity contribution in [2.75, 3.05) is 31.1 Å². The maximum atomic E-state index is 12.4. The van der Waals surface area contributed by atoms with Crippen LogP contribution in [0.25, 0.3) is 5.82 Å². The van der Waals surface area contributed by atoms with E-state index in [1.165, 1.54) is 0 Å². The molecule has 0 bridgehead atoms. The maximum Gasteiger partial charge on any atom is 0.244 e. The molecule has 0 radical (unpaired) electrons. The van der Waals surface area contributed by atoms with Crippen molar-refractivity contribution in [2.24, 2.45) is 0 Å². The van der Waals surface area contributed by atoms with Gasteiger partial charge in [0.1, 0.15) is 18.2 Å². The number of anilines is 1. The van der Waals surface area contributed by atoms with Gasteiger partial charge in [-0.25, -0.2) is 14.6 Å². The summed E-state index contributed by atoms with van der Waals surface area (Å²) in [4.78, 5) is 25.4. The molecule has 4 heterocycles. The van der Waals surface area contributed by atoms with E-state index in [4.69, 9.17) is 0 Å². The van der Waals surface area contributed by atoms with Crippen LogP contribution in [0.4, 0.5) is 5.82 Å². The summed E-state index contributed by atoms with van der Waals surface area (Å²) >= 11 is 0. The van der Waals surface area contributed by atoms with Gasteiger partial charge in [0.2, 0.25) is 5.91 Å². The van der Waals surface area contributed by atoms with Gasteiger partial charge in [-0.15, -0.1) is 0 Å². The largest absolute Gasteiger partial charge is 0.353 e. The number of aryl methyl sites for hydroxylation is 1. The molecule has 9 heteroatoms. The van der Waals surface area contributed by atoms with E-state index in [1.54, 1.807) is 28.0 Å². The van der Waals surface area contributed by atoms with Crippen LogP contribution in [0.2, 0.25) is 0 Å². The molecule has 4 rings (SSSR count). The fraction of sp³-hybridized carbons (Fsp3) is 0.353. The number of carbonyl (C=O) groups excluding carboxylic acids is 1. The first-order valence-corrected chi connectivity index (χ1v) is 8.55. The van der Waals surface area contributed by atoms with Crippen LogP contribution in [0.15, 0.2) is 43.0 Å². The van der Waals surface area contributed by atoms with Crippen molar-refractivity contribution >= 4 is 11.7 Å². The summed E-state index contributed by atoms with van der Waals surface area (Å²) in [7, 11) is 0. The number of hydrogen-bond acceptors (Lipinski definition) is 6. The Balaban J connectivity index is 1.42. The smallest absolute Gasteiger partial charge is 0.244 e. The van der Waals surface area contributed by atoms with Crippen molar-refractivity contribution in [1.82, 2.24) is 34.4 Å². The van der Waals surface area contributed by atoms with E-state index in [2.05, 4.69) is 25.1 Å². The number of nitrogens with zero attached hydrogens (tertiary/aromatic N) is 8. The number of rotatable bonds is 4. The molecule has 1 fully saturated rings. The van der Waals surface area contributed by atoms with Crippen molar-refractivity contribution < 1.29 is 4.79 Å². The van der Waals surface area contributed by atoms with Crippen LogP contribution in [0, 0.1) is 6.92 Å². The second-order valence-electron chi connectivity index (χ2n) is 6.15. The Morgan fingerprint density at radius 1 is 1.00 bits per heavy atom. The highest BCUT2D eigenvalue weighted by molar-refractivity contribution is 5.76. The fourth-order valence-corrected chi connectivity index (χ4v) is 3.04.